The summed E-state index contributed by atoms with van der Waals surface area (Å²) in [6.45, 7) is 2.45. The molecule has 2 aromatic heterocycles. The van der Waals surface area contributed by atoms with Crippen LogP contribution in [0.1, 0.15) is 52.1 Å². The Morgan fingerprint density at radius 2 is 2.12 bits per heavy atom. The minimum absolute atomic E-state index is 0.168. The molecule has 1 saturated carbocycles. The van der Waals surface area contributed by atoms with E-state index in [9.17, 15) is 4.79 Å². The predicted molar refractivity (Wildman–Crippen MR) is 94.4 cm³/mol. The Hall–Kier alpha value is -3.16. The molecule has 0 aliphatic heterocycles. The van der Waals surface area contributed by atoms with Crippen molar-refractivity contribution in [1.82, 2.24) is 25.2 Å². The molecule has 0 radical (unpaired) electrons. The molecule has 134 valence electrons. The summed E-state index contributed by atoms with van der Waals surface area (Å²) < 4.78 is 6.81. The molecule has 1 amide bonds. The van der Waals surface area contributed by atoms with Gasteiger partial charge in [0.15, 0.2) is 5.82 Å². The van der Waals surface area contributed by atoms with Gasteiger partial charge < -0.3 is 15.6 Å². The fourth-order valence-corrected chi connectivity index (χ4v) is 2.85. The number of nitrogens with one attached hydrogen (secondary N) is 1. The van der Waals surface area contributed by atoms with Crippen molar-refractivity contribution in [2.45, 2.75) is 38.8 Å². The first-order valence-corrected chi connectivity index (χ1v) is 8.59. The van der Waals surface area contributed by atoms with E-state index < -0.39 is 0 Å². The van der Waals surface area contributed by atoms with Crippen LogP contribution >= 0.6 is 0 Å². The van der Waals surface area contributed by atoms with Crippen molar-refractivity contribution < 1.29 is 9.32 Å². The van der Waals surface area contributed by atoms with Gasteiger partial charge in [-0.15, -0.1) is 0 Å². The number of hydrogen-bond donors (Lipinski definition) is 2. The minimum Gasteiger partial charge on any atom is -0.383 e. The van der Waals surface area contributed by atoms with Crippen LogP contribution in [0.3, 0.4) is 0 Å². The lowest BCUT2D eigenvalue weighted by Gasteiger charge is -2.05. The van der Waals surface area contributed by atoms with E-state index in [1.165, 1.54) is 0 Å². The third-order valence-electron chi connectivity index (χ3n) is 4.40. The maximum atomic E-state index is 12.5. The monoisotopic (exact) mass is 352 g/mol. The lowest BCUT2D eigenvalue weighted by Crippen LogP contribution is -2.24. The van der Waals surface area contributed by atoms with E-state index in [-0.39, 0.29) is 12.5 Å². The number of hydrogen-bond acceptors (Lipinski definition) is 6. The van der Waals surface area contributed by atoms with E-state index in [4.69, 9.17) is 10.3 Å². The van der Waals surface area contributed by atoms with Crippen molar-refractivity contribution in [1.29, 1.82) is 0 Å². The standard InChI is InChI=1S/C18H20N6O2/c1-11-15(16(19)24(22-11)10-12-5-3-2-4-6-12)18(25)20-9-14-21-17(23-26-14)13-7-8-13/h2-6,13H,7-10,19H2,1H3,(H,20,25). The number of nitrogen functional groups attached to an aromatic ring is 1. The molecule has 1 aromatic carbocycles. The zero-order chi connectivity index (χ0) is 18.1. The number of anilines is 1. The summed E-state index contributed by atoms with van der Waals surface area (Å²) in [4.78, 5) is 16.8. The summed E-state index contributed by atoms with van der Waals surface area (Å²) in [5, 5.41) is 11.1. The van der Waals surface area contributed by atoms with Crippen molar-refractivity contribution in [3.63, 3.8) is 0 Å². The average Bonchev–Trinajstić information content (AvgIpc) is 3.31. The van der Waals surface area contributed by atoms with Crippen LogP contribution in [0.5, 0.6) is 0 Å². The summed E-state index contributed by atoms with van der Waals surface area (Å²) in [5.41, 5.74) is 8.19. The molecule has 26 heavy (non-hydrogen) atoms. The van der Waals surface area contributed by atoms with Crippen molar-refractivity contribution in [3.8, 4) is 0 Å². The molecule has 4 rings (SSSR count). The molecule has 0 saturated heterocycles. The minimum atomic E-state index is -0.300. The van der Waals surface area contributed by atoms with Gasteiger partial charge in [-0.3, -0.25) is 4.79 Å². The van der Waals surface area contributed by atoms with Gasteiger partial charge in [-0.05, 0) is 25.3 Å². The van der Waals surface area contributed by atoms with Gasteiger partial charge in [-0.1, -0.05) is 35.5 Å². The Morgan fingerprint density at radius 3 is 2.85 bits per heavy atom. The van der Waals surface area contributed by atoms with Gasteiger partial charge in [0.1, 0.15) is 11.4 Å². The molecule has 8 nitrogen and oxygen atoms in total. The average molecular weight is 352 g/mol. The molecule has 8 heteroatoms. The fourth-order valence-electron chi connectivity index (χ4n) is 2.85. The lowest BCUT2D eigenvalue weighted by atomic mass is 10.2. The Bertz CT molecular complexity index is 927. The predicted octanol–water partition coefficient (Wildman–Crippen LogP) is 2.01. The first-order chi connectivity index (χ1) is 12.6. The number of aromatic nitrogens is 4. The van der Waals surface area contributed by atoms with Crippen LogP contribution in [-0.2, 0) is 13.1 Å². The molecular weight excluding hydrogens is 332 g/mol. The van der Waals surface area contributed by atoms with Crippen molar-refractivity contribution in [2.75, 3.05) is 5.73 Å². The third kappa shape index (κ3) is 3.30. The van der Waals surface area contributed by atoms with E-state index in [2.05, 4.69) is 20.6 Å². The number of carbonyl (C=O) groups excluding carboxylic acids is 1. The molecule has 0 unspecified atom stereocenters. The van der Waals surface area contributed by atoms with Gasteiger partial charge in [0.05, 0.1) is 18.8 Å². The first kappa shape index (κ1) is 16.3. The fraction of sp³-hybridized carbons (Fsp3) is 0.333. The second-order valence-corrected chi connectivity index (χ2v) is 6.49. The maximum absolute atomic E-state index is 12.5. The summed E-state index contributed by atoms with van der Waals surface area (Å²) in [5.74, 6) is 1.57. The molecule has 1 aliphatic rings. The second kappa shape index (κ2) is 6.62. The topological polar surface area (TPSA) is 112 Å². The summed E-state index contributed by atoms with van der Waals surface area (Å²) >= 11 is 0. The van der Waals surface area contributed by atoms with E-state index >= 15 is 0 Å². The van der Waals surface area contributed by atoms with Crippen LogP contribution in [0.25, 0.3) is 0 Å². The highest BCUT2D eigenvalue weighted by molar-refractivity contribution is 5.99. The Labute approximate surface area is 150 Å². The van der Waals surface area contributed by atoms with Crippen LogP contribution in [0.4, 0.5) is 5.82 Å². The van der Waals surface area contributed by atoms with Crippen molar-refractivity contribution in [2.24, 2.45) is 0 Å². The molecule has 3 N–H and O–H groups in total. The van der Waals surface area contributed by atoms with Crippen LogP contribution in [0.15, 0.2) is 34.9 Å². The van der Waals surface area contributed by atoms with Crippen LogP contribution in [-0.4, -0.2) is 25.8 Å². The van der Waals surface area contributed by atoms with Gasteiger partial charge in [0.2, 0.25) is 5.89 Å². The Kier molecular flexibility index (Phi) is 4.16. The van der Waals surface area contributed by atoms with Crippen molar-refractivity contribution >= 4 is 11.7 Å². The molecule has 0 bridgehead atoms. The lowest BCUT2D eigenvalue weighted by molar-refractivity contribution is 0.0946. The number of nitrogens with two attached hydrogens (primary N) is 1. The molecular formula is C18H20N6O2. The van der Waals surface area contributed by atoms with Crippen LogP contribution in [0, 0.1) is 6.92 Å². The Balaban J connectivity index is 1.45. The number of amides is 1. The Morgan fingerprint density at radius 1 is 1.35 bits per heavy atom. The normalized spacial score (nSPS) is 13.7. The van der Waals surface area contributed by atoms with Gasteiger partial charge >= 0.3 is 0 Å². The highest BCUT2D eigenvalue weighted by Crippen LogP contribution is 2.38. The molecule has 2 heterocycles. The van der Waals surface area contributed by atoms with Crippen molar-refractivity contribution in [3.05, 3.63) is 58.9 Å². The van der Waals surface area contributed by atoms with Crippen LogP contribution < -0.4 is 11.1 Å². The van der Waals surface area contributed by atoms with Gasteiger partial charge in [-0.2, -0.15) is 10.1 Å². The van der Waals surface area contributed by atoms with E-state index in [0.717, 1.165) is 24.2 Å². The van der Waals surface area contributed by atoms with Gasteiger partial charge in [-0.25, -0.2) is 4.68 Å². The van der Waals surface area contributed by atoms with Gasteiger partial charge in [0, 0.05) is 5.92 Å². The van der Waals surface area contributed by atoms with E-state index in [0.29, 0.717) is 35.4 Å². The molecule has 0 spiro atoms. The summed E-state index contributed by atoms with van der Waals surface area (Å²) in [6.07, 6.45) is 2.20. The molecule has 0 atom stereocenters. The first-order valence-electron chi connectivity index (χ1n) is 8.59. The molecule has 3 aromatic rings. The van der Waals surface area contributed by atoms with Gasteiger partial charge in [0.25, 0.3) is 5.91 Å². The molecule has 1 fully saturated rings. The van der Waals surface area contributed by atoms with Crippen LogP contribution in [0.2, 0.25) is 0 Å². The zero-order valence-corrected chi connectivity index (χ0v) is 14.5. The highest BCUT2D eigenvalue weighted by atomic mass is 16.5. The SMILES string of the molecule is Cc1nn(Cc2ccccc2)c(N)c1C(=O)NCc1nc(C2CC2)no1. The zero-order valence-electron chi connectivity index (χ0n) is 14.5. The van der Waals surface area contributed by atoms with E-state index in [1.807, 2.05) is 30.3 Å². The third-order valence-corrected chi connectivity index (χ3v) is 4.40. The van der Waals surface area contributed by atoms with E-state index in [1.54, 1.807) is 11.6 Å². The summed E-state index contributed by atoms with van der Waals surface area (Å²) in [7, 11) is 0. The maximum Gasteiger partial charge on any atom is 0.257 e. The largest absolute Gasteiger partial charge is 0.383 e. The summed E-state index contributed by atoms with van der Waals surface area (Å²) in [6, 6.07) is 9.84. The number of rotatable bonds is 6. The second-order valence-electron chi connectivity index (χ2n) is 6.49. The smallest absolute Gasteiger partial charge is 0.257 e. The molecule has 1 aliphatic carbocycles. The number of carbonyl (C=O) groups is 1. The number of nitrogens with zero attached hydrogens (tertiary/aromatic N) is 4. The highest BCUT2D eigenvalue weighted by Gasteiger charge is 2.29. The number of aryl methyl sites for hydroxylation is 1. The quantitative estimate of drug-likeness (QED) is 0.702. The number of benzene rings is 1.